The van der Waals surface area contributed by atoms with Crippen LogP contribution in [0.1, 0.15) is 25.7 Å². The van der Waals surface area contributed by atoms with Gasteiger partial charge in [0, 0.05) is 26.1 Å². The number of amides is 1. The van der Waals surface area contributed by atoms with Gasteiger partial charge in [-0.05, 0) is 45.8 Å². The van der Waals surface area contributed by atoms with Crippen molar-refractivity contribution in [3.05, 3.63) is 0 Å². The molecular weight excluding hydrogens is 202 g/mol. The monoisotopic (exact) mass is 227 g/mol. The van der Waals surface area contributed by atoms with E-state index in [1.165, 1.54) is 12.8 Å². The molecule has 0 aromatic heterocycles. The van der Waals surface area contributed by atoms with Crippen LogP contribution in [0.3, 0.4) is 0 Å². The third-order valence-electron chi connectivity index (χ3n) is 3.16. The van der Waals surface area contributed by atoms with Crippen molar-refractivity contribution in [3.8, 4) is 0 Å². The first kappa shape index (κ1) is 13.5. The molecule has 1 amide bonds. The highest BCUT2D eigenvalue weighted by Gasteiger charge is 2.30. The summed E-state index contributed by atoms with van der Waals surface area (Å²) in [5.41, 5.74) is 5.94. The van der Waals surface area contributed by atoms with Crippen molar-refractivity contribution in [1.29, 1.82) is 0 Å². The van der Waals surface area contributed by atoms with Crippen molar-refractivity contribution >= 4 is 5.91 Å². The van der Waals surface area contributed by atoms with Gasteiger partial charge in [0.1, 0.15) is 0 Å². The molecule has 2 N–H and O–H groups in total. The van der Waals surface area contributed by atoms with Gasteiger partial charge in [-0.2, -0.15) is 0 Å². The second-order valence-electron chi connectivity index (χ2n) is 5.18. The van der Waals surface area contributed by atoms with Crippen molar-refractivity contribution < 1.29 is 4.79 Å². The number of rotatable bonds is 7. The lowest BCUT2D eigenvalue weighted by molar-refractivity contribution is -0.130. The van der Waals surface area contributed by atoms with Crippen molar-refractivity contribution in [2.45, 2.75) is 31.7 Å². The first-order chi connectivity index (χ1) is 7.50. The highest BCUT2D eigenvalue weighted by molar-refractivity contribution is 5.76. The molecule has 16 heavy (non-hydrogen) atoms. The first-order valence-corrected chi connectivity index (χ1v) is 6.15. The predicted octanol–water partition coefficient (Wildman–Crippen LogP) is 0.524. The summed E-state index contributed by atoms with van der Waals surface area (Å²) in [5.74, 6) is 0.803. The third-order valence-corrected chi connectivity index (χ3v) is 3.16. The van der Waals surface area contributed by atoms with Gasteiger partial charge in [0.05, 0.1) is 0 Å². The van der Waals surface area contributed by atoms with Gasteiger partial charge < -0.3 is 15.5 Å². The molecule has 0 radical (unpaired) electrons. The van der Waals surface area contributed by atoms with Gasteiger partial charge in [-0.1, -0.05) is 0 Å². The van der Waals surface area contributed by atoms with Crippen molar-refractivity contribution in [2.75, 3.05) is 34.2 Å². The summed E-state index contributed by atoms with van der Waals surface area (Å²) in [6.07, 6.45) is 3.95. The van der Waals surface area contributed by atoms with Gasteiger partial charge in [-0.25, -0.2) is 0 Å². The highest BCUT2D eigenvalue weighted by Crippen LogP contribution is 2.32. The van der Waals surface area contributed by atoms with Crippen molar-refractivity contribution in [1.82, 2.24) is 9.80 Å². The summed E-state index contributed by atoms with van der Waals surface area (Å²) in [6.45, 7) is 1.85. The van der Waals surface area contributed by atoms with Crippen LogP contribution in [0.25, 0.3) is 0 Å². The van der Waals surface area contributed by atoms with Crippen LogP contribution in [0.4, 0.5) is 0 Å². The average Bonchev–Trinajstić information content (AvgIpc) is 2.99. The molecule has 4 heteroatoms. The molecule has 1 rings (SSSR count). The van der Waals surface area contributed by atoms with E-state index in [0.29, 0.717) is 12.3 Å². The van der Waals surface area contributed by atoms with Crippen LogP contribution in [0.2, 0.25) is 0 Å². The normalized spacial score (nSPS) is 17.6. The van der Waals surface area contributed by atoms with Gasteiger partial charge in [-0.15, -0.1) is 0 Å². The maximum atomic E-state index is 11.8. The van der Waals surface area contributed by atoms with Gasteiger partial charge in [0.25, 0.3) is 0 Å². The Kier molecular flexibility index (Phi) is 5.22. The Morgan fingerprint density at radius 1 is 1.31 bits per heavy atom. The molecule has 0 aliphatic heterocycles. The molecule has 0 heterocycles. The van der Waals surface area contributed by atoms with E-state index in [2.05, 4.69) is 4.90 Å². The van der Waals surface area contributed by atoms with Crippen molar-refractivity contribution in [2.24, 2.45) is 11.7 Å². The number of carbonyl (C=O) groups is 1. The zero-order valence-corrected chi connectivity index (χ0v) is 10.8. The Hall–Kier alpha value is -0.610. The van der Waals surface area contributed by atoms with Crippen LogP contribution in [-0.2, 0) is 4.79 Å². The lowest BCUT2D eigenvalue weighted by atomic mass is 10.1. The SMILES string of the molecule is CN(C)CCCN(C)C(=O)CC(N)C1CC1. The summed E-state index contributed by atoms with van der Waals surface area (Å²) >= 11 is 0. The molecule has 0 aromatic carbocycles. The summed E-state index contributed by atoms with van der Waals surface area (Å²) in [7, 11) is 5.97. The highest BCUT2D eigenvalue weighted by atomic mass is 16.2. The van der Waals surface area contributed by atoms with E-state index < -0.39 is 0 Å². The lowest BCUT2D eigenvalue weighted by Gasteiger charge is -2.20. The standard InChI is InChI=1S/C12H25N3O/c1-14(2)7-4-8-15(3)12(16)9-11(13)10-5-6-10/h10-11H,4-9,13H2,1-3H3. The number of carbonyl (C=O) groups excluding carboxylic acids is 1. The molecule has 1 atom stereocenters. The molecule has 94 valence electrons. The fourth-order valence-electron chi connectivity index (χ4n) is 1.80. The summed E-state index contributed by atoms with van der Waals surface area (Å²) in [4.78, 5) is 15.7. The van der Waals surface area contributed by atoms with E-state index in [1.54, 1.807) is 0 Å². The molecule has 0 bridgehead atoms. The zero-order chi connectivity index (χ0) is 12.1. The predicted molar refractivity (Wildman–Crippen MR) is 66.1 cm³/mol. The van der Waals surface area contributed by atoms with E-state index in [4.69, 9.17) is 5.73 Å². The van der Waals surface area contributed by atoms with E-state index >= 15 is 0 Å². The number of nitrogens with two attached hydrogens (primary N) is 1. The smallest absolute Gasteiger partial charge is 0.223 e. The Bertz CT molecular complexity index is 226. The first-order valence-electron chi connectivity index (χ1n) is 6.15. The molecule has 0 spiro atoms. The largest absolute Gasteiger partial charge is 0.346 e. The average molecular weight is 227 g/mol. The molecule has 1 fully saturated rings. The quantitative estimate of drug-likeness (QED) is 0.690. The van der Waals surface area contributed by atoms with E-state index in [0.717, 1.165) is 19.5 Å². The van der Waals surface area contributed by atoms with Gasteiger partial charge in [0.15, 0.2) is 0 Å². The van der Waals surface area contributed by atoms with Gasteiger partial charge >= 0.3 is 0 Å². The fraction of sp³-hybridized carbons (Fsp3) is 0.917. The van der Waals surface area contributed by atoms with Gasteiger partial charge in [-0.3, -0.25) is 4.79 Å². The lowest BCUT2D eigenvalue weighted by Crippen LogP contribution is -2.35. The third kappa shape index (κ3) is 4.94. The maximum Gasteiger partial charge on any atom is 0.223 e. The molecule has 1 saturated carbocycles. The minimum absolute atomic E-state index is 0.0869. The maximum absolute atomic E-state index is 11.8. The number of hydrogen-bond donors (Lipinski definition) is 1. The second-order valence-corrected chi connectivity index (χ2v) is 5.18. The Morgan fingerprint density at radius 3 is 2.44 bits per heavy atom. The van der Waals surface area contributed by atoms with Crippen molar-refractivity contribution in [3.63, 3.8) is 0 Å². The summed E-state index contributed by atoms with van der Waals surface area (Å²) in [5, 5.41) is 0. The number of hydrogen-bond acceptors (Lipinski definition) is 3. The summed E-state index contributed by atoms with van der Waals surface area (Å²) in [6, 6.07) is 0.0869. The molecule has 1 unspecified atom stereocenters. The fourth-order valence-corrected chi connectivity index (χ4v) is 1.80. The molecule has 1 aliphatic rings. The van der Waals surface area contributed by atoms with E-state index in [-0.39, 0.29) is 11.9 Å². The molecule has 4 nitrogen and oxygen atoms in total. The van der Waals surface area contributed by atoms with Crippen LogP contribution in [-0.4, -0.2) is 56.0 Å². The minimum atomic E-state index is 0.0869. The number of nitrogens with zero attached hydrogens (tertiary/aromatic N) is 2. The second kappa shape index (κ2) is 6.21. The molecular formula is C12H25N3O. The zero-order valence-electron chi connectivity index (χ0n) is 10.8. The molecule has 0 saturated heterocycles. The topological polar surface area (TPSA) is 49.6 Å². The van der Waals surface area contributed by atoms with E-state index in [9.17, 15) is 4.79 Å². The van der Waals surface area contributed by atoms with Crippen LogP contribution in [0.5, 0.6) is 0 Å². The Balaban J connectivity index is 2.14. The van der Waals surface area contributed by atoms with Crippen LogP contribution in [0.15, 0.2) is 0 Å². The van der Waals surface area contributed by atoms with Gasteiger partial charge in [0.2, 0.25) is 5.91 Å². The Labute approximate surface area is 98.8 Å². The summed E-state index contributed by atoms with van der Waals surface area (Å²) < 4.78 is 0. The van der Waals surface area contributed by atoms with E-state index in [1.807, 2.05) is 26.0 Å². The van der Waals surface area contributed by atoms with Crippen LogP contribution >= 0.6 is 0 Å². The Morgan fingerprint density at radius 2 is 1.94 bits per heavy atom. The van der Waals surface area contributed by atoms with Crippen LogP contribution in [0, 0.1) is 5.92 Å². The molecule has 0 aromatic rings. The molecule has 1 aliphatic carbocycles. The van der Waals surface area contributed by atoms with Crippen LogP contribution < -0.4 is 5.73 Å². The minimum Gasteiger partial charge on any atom is -0.346 e.